The Balaban J connectivity index is 1.37. The Kier molecular flexibility index (Phi) is 9.03. The van der Waals surface area contributed by atoms with Crippen LogP contribution < -0.4 is 5.32 Å². The van der Waals surface area contributed by atoms with Gasteiger partial charge in [-0.1, -0.05) is 24.3 Å². The number of piperidine rings is 1. The predicted octanol–water partition coefficient (Wildman–Crippen LogP) is 4.06. The molecule has 0 spiro atoms. The number of pyridine rings is 1. The fourth-order valence-corrected chi connectivity index (χ4v) is 5.65. The molecule has 3 aromatic rings. The first kappa shape index (κ1) is 29.2. The molecule has 41 heavy (non-hydrogen) atoms. The summed E-state index contributed by atoms with van der Waals surface area (Å²) in [5, 5.41) is 21.7. The van der Waals surface area contributed by atoms with Crippen LogP contribution in [0.5, 0.6) is 0 Å². The van der Waals surface area contributed by atoms with Crippen LogP contribution in [0.3, 0.4) is 0 Å². The van der Waals surface area contributed by atoms with E-state index in [4.69, 9.17) is 20.2 Å². The van der Waals surface area contributed by atoms with Crippen LogP contribution in [-0.2, 0) is 21.5 Å². The second kappa shape index (κ2) is 12.7. The number of halogens is 2. The molecule has 2 aromatic carbocycles. The first-order chi connectivity index (χ1) is 19.8. The molecule has 2 saturated heterocycles. The third-order valence-corrected chi connectivity index (χ3v) is 8.27. The fourth-order valence-electron chi connectivity index (χ4n) is 5.65. The molecule has 0 radical (unpaired) electrons. The molecule has 0 saturated carbocycles. The third-order valence-electron chi connectivity index (χ3n) is 8.27. The maximum atomic E-state index is 15.2. The van der Waals surface area contributed by atoms with E-state index in [0.717, 1.165) is 18.2 Å². The standard InChI is InChI=1S/C31H37F2N5O3/c1-31(19-34,20-35-23-7-9-37(10-8-23)18-29(39)40)28-6-5-21-3-2-4-24(30(21)36-28)22-15-26(32)25(27(33)16-22)17-38-11-13-41-14-12-38/h2-6,15-16,19,23,34-35H,7-14,17-18,20H2,1H3,(H,39,40). The highest BCUT2D eigenvalue weighted by Gasteiger charge is 2.29. The van der Waals surface area contributed by atoms with E-state index < -0.39 is 23.0 Å². The first-order valence-electron chi connectivity index (χ1n) is 14.1. The highest BCUT2D eigenvalue weighted by Crippen LogP contribution is 2.32. The number of benzene rings is 2. The lowest BCUT2D eigenvalue weighted by Crippen LogP contribution is -2.48. The van der Waals surface area contributed by atoms with Crippen LogP contribution in [-0.4, -0.2) is 90.6 Å². The number of aliphatic carboxylic acids is 1. The van der Waals surface area contributed by atoms with Gasteiger partial charge in [0, 0.05) is 68.0 Å². The molecule has 3 heterocycles. The van der Waals surface area contributed by atoms with Crippen molar-refractivity contribution in [2.45, 2.75) is 37.8 Å². The zero-order valence-electron chi connectivity index (χ0n) is 23.3. The van der Waals surface area contributed by atoms with E-state index in [0.29, 0.717) is 68.3 Å². The number of nitrogens with one attached hydrogen (secondary N) is 2. The van der Waals surface area contributed by atoms with Gasteiger partial charge in [0.2, 0.25) is 0 Å². The molecule has 1 atom stereocenters. The molecule has 0 amide bonds. The molecule has 8 nitrogen and oxygen atoms in total. The highest BCUT2D eigenvalue weighted by atomic mass is 19.1. The lowest BCUT2D eigenvalue weighted by molar-refractivity contribution is -0.138. The van der Waals surface area contributed by atoms with E-state index in [1.54, 1.807) is 0 Å². The van der Waals surface area contributed by atoms with Crippen molar-refractivity contribution in [2.24, 2.45) is 0 Å². The molecule has 218 valence electrons. The number of nitrogens with zero attached hydrogens (tertiary/aromatic N) is 3. The molecule has 5 rings (SSSR count). The monoisotopic (exact) mass is 565 g/mol. The van der Waals surface area contributed by atoms with Crippen molar-refractivity contribution in [2.75, 3.05) is 52.5 Å². The van der Waals surface area contributed by atoms with Gasteiger partial charge in [0.25, 0.3) is 0 Å². The molecule has 2 aliphatic heterocycles. The van der Waals surface area contributed by atoms with Crippen molar-refractivity contribution >= 4 is 23.1 Å². The maximum absolute atomic E-state index is 15.2. The quantitative estimate of drug-likeness (QED) is 0.319. The molecule has 10 heteroatoms. The molecule has 2 fully saturated rings. The number of carbonyl (C=O) groups is 1. The molecule has 1 unspecified atom stereocenters. The fraction of sp³-hybridized carbons (Fsp3) is 0.452. The molecule has 0 bridgehead atoms. The molecular formula is C31H37F2N5O3. The van der Waals surface area contributed by atoms with Gasteiger partial charge in [-0.3, -0.25) is 19.6 Å². The van der Waals surface area contributed by atoms with Crippen molar-refractivity contribution < 1.29 is 23.4 Å². The van der Waals surface area contributed by atoms with E-state index >= 15 is 8.78 Å². The molecule has 0 aliphatic carbocycles. The molecule has 2 aliphatic rings. The summed E-state index contributed by atoms with van der Waals surface area (Å²) in [4.78, 5) is 19.9. The number of hydrogen-bond donors (Lipinski definition) is 3. The number of morpholine rings is 1. The van der Waals surface area contributed by atoms with Gasteiger partial charge in [0.05, 0.1) is 36.4 Å². The zero-order valence-corrected chi connectivity index (χ0v) is 23.3. The largest absolute Gasteiger partial charge is 0.480 e. The lowest BCUT2D eigenvalue weighted by Gasteiger charge is -2.34. The van der Waals surface area contributed by atoms with Crippen molar-refractivity contribution in [1.82, 2.24) is 20.1 Å². The summed E-state index contributed by atoms with van der Waals surface area (Å²) in [6.07, 6.45) is 3.04. The Morgan fingerprint density at radius 2 is 1.83 bits per heavy atom. The number of carboxylic acids is 1. The van der Waals surface area contributed by atoms with Gasteiger partial charge in [-0.2, -0.15) is 0 Å². The normalized spacial score (nSPS) is 18.8. The summed E-state index contributed by atoms with van der Waals surface area (Å²) < 4.78 is 35.8. The number of para-hydroxylation sites is 1. The number of likely N-dealkylation sites (tertiary alicyclic amines) is 1. The van der Waals surface area contributed by atoms with Crippen molar-refractivity contribution in [3.63, 3.8) is 0 Å². The average Bonchev–Trinajstić information content (AvgIpc) is 2.98. The van der Waals surface area contributed by atoms with Gasteiger partial charge in [0.1, 0.15) is 11.6 Å². The Hall–Kier alpha value is -3.31. The minimum atomic E-state index is -0.816. The zero-order chi connectivity index (χ0) is 29.0. The summed E-state index contributed by atoms with van der Waals surface area (Å²) in [7, 11) is 0. The lowest BCUT2D eigenvalue weighted by atomic mass is 9.86. The van der Waals surface area contributed by atoms with E-state index in [1.165, 1.54) is 18.3 Å². The van der Waals surface area contributed by atoms with Crippen LogP contribution in [0, 0.1) is 17.0 Å². The second-order valence-corrected chi connectivity index (χ2v) is 11.3. The number of carboxylic acid groups (broad SMARTS) is 1. The summed E-state index contributed by atoms with van der Waals surface area (Å²) in [5.74, 6) is -1.98. The van der Waals surface area contributed by atoms with Crippen molar-refractivity contribution in [3.8, 4) is 11.1 Å². The number of ether oxygens (including phenoxy) is 1. The molecule has 3 N–H and O–H groups in total. The van der Waals surface area contributed by atoms with Crippen molar-refractivity contribution in [1.29, 1.82) is 5.41 Å². The Labute approximate surface area is 238 Å². The van der Waals surface area contributed by atoms with E-state index in [9.17, 15) is 4.79 Å². The Morgan fingerprint density at radius 1 is 1.12 bits per heavy atom. The second-order valence-electron chi connectivity index (χ2n) is 11.3. The minimum absolute atomic E-state index is 0.0542. The summed E-state index contributed by atoms with van der Waals surface area (Å²) >= 11 is 0. The van der Waals surface area contributed by atoms with E-state index in [2.05, 4.69) is 5.32 Å². The SMILES string of the molecule is CC(C=N)(CNC1CCN(CC(=O)O)CC1)c1ccc2cccc(-c3cc(F)c(CN4CCOCC4)c(F)c3)c2n1. The van der Waals surface area contributed by atoms with Gasteiger partial charge in [-0.25, -0.2) is 8.78 Å². The van der Waals surface area contributed by atoms with Gasteiger partial charge >= 0.3 is 5.97 Å². The number of hydrogen-bond acceptors (Lipinski definition) is 7. The van der Waals surface area contributed by atoms with Crippen LogP contribution >= 0.6 is 0 Å². The van der Waals surface area contributed by atoms with Crippen LogP contribution in [0.15, 0.2) is 42.5 Å². The van der Waals surface area contributed by atoms with Gasteiger partial charge in [-0.05, 0) is 43.5 Å². The maximum Gasteiger partial charge on any atom is 0.317 e. The Morgan fingerprint density at radius 3 is 2.49 bits per heavy atom. The smallest absolute Gasteiger partial charge is 0.317 e. The molecular weight excluding hydrogens is 528 g/mol. The van der Waals surface area contributed by atoms with Crippen LogP contribution in [0.25, 0.3) is 22.0 Å². The van der Waals surface area contributed by atoms with E-state index in [1.807, 2.05) is 47.1 Å². The summed E-state index contributed by atoms with van der Waals surface area (Å²) in [5.41, 5.74) is 1.71. The van der Waals surface area contributed by atoms with Gasteiger partial charge in [-0.15, -0.1) is 0 Å². The van der Waals surface area contributed by atoms with Crippen LogP contribution in [0.1, 0.15) is 31.0 Å². The minimum Gasteiger partial charge on any atom is -0.480 e. The number of fused-ring (bicyclic) bond motifs is 1. The average molecular weight is 566 g/mol. The summed E-state index contributed by atoms with van der Waals surface area (Å²) in [6.45, 7) is 6.50. The number of aromatic nitrogens is 1. The van der Waals surface area contributed by atoms with Gasteiger partial charge in [0.15, 0.2) is 0 Å². The molecule has 1 aromatic heterocycles. The van der Waals surface area contributed by atoms with Crippen molar-refractivity contribution in [3.05, 3.63) is 65.4 Å². The summed E-state index contributed by atoms with van der Waals surface area (Å²) in [6, 6.07) is 12.4. The predicted molar refractivity (Wildman–Crippen MR) is 154 cm³/mol. The first-order valence-corrected chi connectivity index (χ1v) is 14.1. The number of rotatable bonds is 10. The third kappa shape index (κ3) is 6.78. The van der Waals surface area contributed by atoms with Gasteiger partial charge < -0.3 is 20.6 Å². The Bertz CT molecular complexity index is 1380. The topological polar surface area (TPSA) is 102 Å². The highest BCUT2D eigenvalue weighted by molar-refractivity contribution is 5.94. The van der Waals surface area contributed by atoms with E-state index in [-0.39, 0.29) is 24.7 Å². The van der Waals surface area contributed by atoms with Crippen LogP contribution in [0.4, 0.5) is 8.78 Å². The van der Waals surface area contributed by atoms with Crippen LogP contribution in [0.2, 0.25) is 0 Å².